The Kier molecular flexibility index (Phi) is 3.19. The molecular formula is C16H23N. The minimum atomic E-state index is 0.762. The first-order valence-electron chi connectivity index (χ1n) is 7.17. The number of rotatable bonds is 4. The van der Waals surface area contributed by atoms with E-state index in [4.69, 9.17) is 0 Å². The minimum Gasteiger partial charge on any atom is -0.311 e. The zero-order valence-corrected chi connectivity index (χ0v) is 10.7. The maximum atomic E-state index is 3.87. The Morgan fingerprint density at radius 1 is 1.12 bits per heavy atom. The lowest BCUT2D eigenvalue weighted by molar-refractivity contribution is 0.472. The van der Waals surface area contributed by atoms with Crippen molar-refractivity contribution in [2.75, 3.05) is 0 Å². The van der Waals surface area contributed by atoms with E-state index in [0.29, 0.717) is 0 Å². The second-order valence-electron chi connectivity index (χ2n) is 5.81. The Labute approximate surface area is 105 Å². The molecule has 0 heterocycles. The second kappa shape index (κ2) is 4.81. The van der Waals surface area contributed by atoms with E-state index in [1.165, 1.54) is 37.7 Å². The van der Waals surface area contributed by atoms with Crippen molar-refractivity contribution in [2.24, 2.45) is 5.92 Å². The van der Waals surface area contributed by atoms with Gasteiger partial charge in [-0.05, 0) is 37.2 Å². The molecule has 2 aliphatic rings. The molecule has 1 aromatic rings. The molecule has 0 saturated heterocycles. The highest BCUT2D eigenvalue weighted by molar-refractivity contribution is 5.27. The van der Waals surface area contributed by atoms with Crippen LogP contribution in [0.5, 0.6) is 0 Å². The molecule has 0 spiro atoms. The highest BCUT2D eigenvalue weighted by Gasteiger charge is 2.40. The van der Waals surface area contributed by atoms with Crippen molar-refractivity contribution in [3.05, 3.63) is 35.9 Å². The van der Waals surface area contributed by atoms with Crippen LogP contribution >= 0.6 is 0 Å². The minimum absolute atomic E-state index is 0.762. The van der Waals surface area contributed by atoms with Gasteiger partial charge in [-0.15, -0.1) is 0 Å². The van der Waals surface area contributed by atoms with Crippen LogP contribution in [0.4, 0.5) is 0 Å². The van der Waals surface area contributed by atoms with Crippen LogP contribution in [0.1, 0.15) is 50.5 Å². The van der Waals surface area contributed by atoms with Gasteiger partial charge in [0.15, 0.2) is 0 Å². The first-order chi connectivity index (χ1) is 8.36. The van der Waals surface area contributed by atoms with Crippen LogP contribution in [-0.2, 0) is 0 Å². The van der Waals surface area contributed by atoms with Gasteiger partial charge in [0.1, 0.15) is 0 Å². The molecule has 0 amide bonds. The maximum Gasteiger partial charge on any atom is 0.0145 e. The maximum absolute atomic E-state index is 3.87. The average molecular weight is 229 g/mol. The van der Waals surface area contributed by atoms with Gasteiger partial charge in [0.25, 0.3) is 0 Å². The summed E-state index contributed by atoms with van der Waals surface area (Å²) >= 11 is 0. The van der Waals surface area contributed by atoms with Crippen molar-refractivity contribution in [2.45, 2.75) is 57.0 Å². The molecule has 1 nitrogen and oxygen atoms in total. The van der Waals surface area contributed by atoms with E-state index in [9.17, 15) is 0 Å². The normalized spacial score (nSPS) is 36.1. The van der Waals surface area contributed by atoms with Crippen LogP contribution in [0.2, 0.25) is 0 Å². The van der Waals surface area contributed by atoms with E-state index in [2.05, 4.69) is 42.6 Å². The molecule has 0 aliphatic heterocycles. The van der Waals surface area contributed by atoms with Gasteiger partial charge in [-0.25, -0.2) is 0 Å². The SMILES string of the molecule is CCC1CCC(NC2CC2c2ccccc2)C1. The Morgan fingerprint density at radius 3 is 2.65 bits per heavy atom. The molecule has 1 aromatic carbocycles. The summed E-state index contributed by atoms with van der Waals surface area (Å²) in [6.07, 6.45) is 6.96. The van der Waals surface area contributed by atoms with Gasteiger partial charge < -0.3 is 5.32 Å². The predicted octanol–water partition coefficient (Wildman–Crippen LogP) is 3.71. The molecule has 1 heteroatoms. The van der Waals surface area contributed by atoms with Gasteiger partial charge in [-0.1, -0.05) is 43.7 Å². The van der Waals surface area contributed by atoms with Gasteiger partial charge >= 0.3 is 0 Å². The van der Waals surface area contributed by atoms with Crippen molar-refractivity contribution in [3.63, 3.8) is 0 Å². The van der Waals surface area contributed by atoms with Gasteiger partial charge in [0.05, 0.1) is 0 Å². The summed E-state index contributed by atoms with van der Waals surface area (Å²) in [5.41, 5.74) is 1.52. The zero-order chi connectivity index (χ0) is 11.7. The summed E-state index contributed by atoms with van der Waals surface area (Å²) in [6.45, 7) is 2.33. The van der Waals surface area contributed by atoms with Gasteiger partial charge in [0.2, 0.25) is 0 Å². The van der Waals surface area contributed by atoms with Crippen LogP contribution in [-0.4, -0.2) is 12.1 Å². The van der Waals surface area contributed by atoms with Crippen LogP contribution in [0.3, 0.4) is 0 Å². The van der Waals surface area contributed by atoms with Crippen LogP contribution in [0, 0.1) is 5.92 Å². The van der Waals surface area contributed by atoms with Crippen molar-refractivity contribution in [1.29, 1.82) is 0 Å². The summed E-state index contributed by atoms with van der Waals surface area (Å²) < 4.78 is 0. The van der Waals surface area contributed by atoms with Crippen molar-refractivity contribution < 1.29 is 0 Å². The monoisotopic (exact) mass is 229 g/mol. The van der Waals surface area contributed by atoms with E-state index in [0.717, 1.165) is 23.9 Å². The van der Waals surface area contributed by atoms with E-state index >= 15 is 0 Å². The van der Waals surface area contributed by atoms with Crippen molar-refractivity contribution >= 4 is 0 Å². The first-order valence-corrected chi connectivity index (χ1v) is 7.17. The molecule has 3 rings (SSSR count). The standard InChI is InChI=1S/C16H23N/c1-2-12-8-9-14(10-12)17-16-11-15(16)13-6-4-3-5-7-13/h3-7,12,14-17H,2,8-11H2,1H3. The van der Waals surface area contributed by atoms with E-state index in [1.54, 1.807) is 0 Å². The molecular weight excluding hydrogens is 206 g/mol. The number of benzene rings is 1. The van der Waals surface area contributed by atoms with Crippen molar-refractivity contribution in [3.8, 4) is 0 Å². The highest BCUT2D eigenvalue weighted by Crippen LogP contribution is 2.42. The molecule has 4 unspecified atom stereocenters. The zero-order valence-electron chi connectivity index (χ0n) is 10.7. The topological polar surface area (TPSA) is 12.0 Å². The molecule has 0 bridgehead atoms. The number of hydrogen-bond acceptors (Lipinski definition) is 1. The van der Waals surface area contributed by atoms with Gasteiger partial charge in [0, 0.05) is 18.0 Å². The molecule has 17 heavy (non-hydrogen) atoms. The Bertz CT molecular complexity index is 359. The molecule has 0 radical (unpaired) electrons. The molecule has 2 saturated carbocycles. The number of nitrogens with one attached hydrogen (secondary N) is 1. The molecule has 1 N–H and O–H groups in total. The Morgan fingerprint density at radius 2 is 1.94 bits per heavy atom. The van der Waals surface area contributed by atoms with E-state index in [-0.39, 0.29) is 0 Å². The molecule has 92 valence electrons. The van der Waals surface area contributed by atoms with Gasteiger partial charge in [-0.3, -0.25) is 0 Å². The Balaban J connectivity index is 1.50. The fourth-order valence-corrected chi connectivity index (χ4v) is 3.35. The summed E-state index contributed by atoms with van der Waals surface area (Å²) in [6, 6.07) is 12.5. The third-order valence-corrected chi connectivity index (χ3v) is 4.59. The fraction of sp³-hybridized carbons (Fsp3) is 0.625. The fourth-order valence-electron chi connectivity index (χ4n) is 3.35. The Hall–Kier alpha value is -0.820. The van der Waals surface area contributed by atoms with E-state index in [1.807, 2.05) is 0 Å². The predicted molar refractivity (Wildman–Crippen MR) is 72.1 cm³/mol. The molecule has 2 aliphatic carbocycles. The number of hydrogen-bond donors (Lipinski definition) is 1. The lowest BCUT2D eigenvalue weighted by Gasteiger charge is -2.12. The lowest BCUT2D eigenvalue weighted by atomic mass is 10.1. The second-order valence-corrected chi connectivity index (χ2v) is 5.81. The highest BCUT2D eigenvalue weighted by atomic mass is 15.0. The third kappa shape index (κ3) is 2.55. The van der Waals surface area contributed by atoms with E-state index < -0.39 is 0 Å². The molecule has 4 atom stereocenters. The quantitative estimate of drug-likeness (QED) is 0.830. The smallest absolute Gasteiger partial charge is 0.0145 e. The van der Waals surface area contributed by atoms with Gasteiger partial charge in [-0.2, -0.15) is 0 Å². The largest absolute Gasteiger partial charge is 0.311 e. The molecule has 0 aromatic heterocycles. The summed E-state index contributed by atoms with van der Waals surface area (Å²) in [4.78, 5) is 0. The van der Waals surface area contributed by atoms with Crippen LogP contribution < -0.4 is 5.32 Å². The van der Waals surface area contributed by atoms with Crippen molar-refractivity contribution in [1.82, 2.24) is 5.32 Å². The molecule has 2 fully saturated rings. The van der Waals surface area contributed by atoms with Crippen LogP contribution in [0.15, 0.2) is 30.3 Å². The summed E-state index contributed by atoms with van der Waals surface area (Å²) in [5.74, 6) is 1.78. The third-order valence-electron chi connectivity index (χ3n) is 4.59. The summed E-state index contributed by atoms with van der Waals surface area (Å²) in [7, 11) is 0. The summed E-state index contributed by atoms with van der Waals surface area (Å²) in [5, 5.41) is 3.87. The average Bonchev–Trinajstić information content (AvgIpc) is 2.98. The van der Waals surface area contributed by atoms with Crippen LogP contribution in [0.25, 0.3) is 0 Å². The lowest BCUT2D eigenvalue weighted by Crippen LogP contribution is -2.29. The first kappa shape index (κ1) is 11.3.